The highest BCUT2D eigenvalue weighted by Gasteiger charge is 2.18. The van der Waals surface area contributed by atoms with Crippen molar-refractivity contribution in [2.24, 2.45) is 10.2 Å². The Morgan fingerprint density at radius 3 is 1.37 bits per heavy atom. The second-order valence-electron chi connectivity index (χ2n) is 7.82. The molecule has 12 nitrogen and oxygen atoms in total. The van der Waals surface area contributed by atoms with Gasteiger partial charge in [0.1, 0.15) is 0 Å². The van der Waals surface area contributed by atoms with Crippen LogP contribution >= 0.6 is 24.4 Å². The lowest BCUT2D eigenvalue weighted by Crippen LogP contribution is -2.59. The van der Waals surface area contributed by atoms with E-state index < -0.39 is 0 Å². The summed E-state index contributed by atoms with van der Waals surface area (Å²) < 4.78 is 21.1. The number of piperazine rings is 1. The van der Waals surface area contributed by atoms with Crippen molar-refractivity contribution in [1.82, 2.24) is 31.7 Å². The Labute approximate surface area is 232 Å². The van der Waals surface area contributed by atoms with E-state index in [0.717, 1.165) is 11.1 Å². The zero-order valence-corrected chi connectivity index (χ0v) is 23.3. The minimum atomic E-state index is 0.393. The van der Waals surface area contributed by atoms with E-state index in [2.05, 4.69) is 31.9 Å². The third-order valence-electron chi connectivity index (χ3n) is 5.37. The quantitative estimate of drug-likeness (QED) is 0.192. The minimum Gasteiger partial charge on any atom is -0.493 e. The van der Waals surface area contributed by atoms with Crippen molar-refractivity contribution in [1.29, 1.82) is 0 Å². The van der Waals surface area contributed by atoms with Crippen molar-refractivity contribution in [3.05, 3.63) is 47.5 Å². The van der Waals surface area contributed by atoms with Gasteiger partial charge in [-0.3, -0.25) is 21.7 Å². The van der Waals surface area contributed by atoms with E-state index in [9.17, 15) is 0 Å². The summed E-state index contributed by atoms with van der Waals surface area (Å²) in [4.78, 5) is 0. The molecule has 0 radical (unpaired) electrons. The molecule has 0 atom stereocenters. The van der Waals surface area contributed by atoms with Gasteiger partial charge in [0.2, 0.25) is 10.2 Å². The summed E-state index contributed by atoms with van der Waals surface area (Å²) >= 11 is 10.7. The average Bonchev–Trinajstić information content (AvgIpc) is 2.93. The molecule has 0 aliphatic carbocycles. The fourth-order valence-electron chi connectivity index (χ4n) is 3.46. The Morgan fingerprint density at radius 1 is 0.658 bits per heavy atom. The molecule has 2 aromatic rings. The summed E-state index contributed by atoms with van der Waals surface area (Å²) in [6.45, 7) is 2.86. The lowest BCUT2D eigenvalue weighted by Gasteiger charge is -2.35. The number of hydrazone groups is 2. The molecule has 38 heavy (non-hydrogen) atoms. The third-order valence-corrected chi connectivity index (χ3v) is 5.74. The molecule has 14 heteroatoms. The van der Waals surface area contributed by atoms with Crippen LogP contribution < -0.4 is 40.7 Å². The molecule has 1 heterocycles. The second kappa shape index (κ2) is 14.9. The highest BCUT2D eigenvalue weighted by atomic mass is 32.1. The molecule has 0 spiro atoms. The fraction of sp³-hybridized carbons (Fsp3) is 0.333. The molecular weight excluding hydrogens is 528 g/mol. The van der Waals surface area contributed by atoms with Crippen LogP contribution in [0.25, 0.3) is 0 Å². The van der Waals surface area contributed by atoms with Crippen molar-refractivity contribution in [3.8, 4) is 23.0 Å². The summed E-state index contributed by atoms with van der Waals surface area (Å²) in [5, 5.41) is 13.2. The maximum absolute atomic E-state index is 5.34. The molecule has 1 aliphatic rings. The number of nitrogens with one attached hydrogen (secondary N) is 4. The van der Waals surface area contributed by atoms with Crippen LogP contribution in [0.5, 0.6) is 23.0 Å². The predicted molar refractivity (Wildman–Crippen MR) is 155 cm³/mol. The molecule has 204 valence electrons. The van der Waals surface area contributed by atoms with Crippen LogP contribution in [-0.4, -0.2) is 87.3 Å². The van der Waals surface area contributed by atoms with Crippen molar-refractivity contribution >= 4 is 47.1 Å². The highest BCUT2D eigenvalue weighted by molar-refractivity contribution is 7.80. The Hall–Kier alpha value is -3.72. The van der Waals surface area contributed by atoms with Gasteiger partial charge in [0.15, 0.2) is 23.0 Å². The van der Waals surface area contributed by atoms with Crippen molar-refractivity contribution in [2.45, 2.75) is 0 Å². The van der Waals surface area contributed by atoms with Gasteiger partial charge in [0.25, 0.3) is 0 Å². The third kappa shape index (κ3) is 8.69. The number of ether oxygens (including phenoxy) is 4. The van der Waals surface area contributed by atoms with Gasteiger partial charge in [0, 0.05) is 26.2 Å². The summed E-state index contributed by atoms with van der Waals surface area (Å²) in [5.74, 6) is 2.57. The first-order valence-electron chi connectivity index (χ1n) is 11.6. The SMILES string of the molecule is COc1ccc(/C=N/NC(=S)NN2CCN(NC(=S)N/N=C/c3ccc(OC)c(OC)c3)CC2)cc1OC. The van der Waals surface area contributed by atoms with Crippen molar-refractivity contribution < 1.29 is 18.9 Å². The van der Waals surface area contributed by atoms with E-state index in [4.69, 9.17) is 43.4 Å². The lowest BCUT2D eigenvalue weighted by molar-refractivity contribution is 0.0936. The summed E-state index contributed by atoms with van der Waals surface area (Å²) in [6.07, 6.45) is 3.30. The lowest BCUT2D eigenvalue weighted by atomic mass is 10.2. The number of benzene rings is 2. The average molecular weight is 561 g/mol. The number of methoxy groups -OCH3 is 4. The molecule has 0 bridgehead atoms. The van der Waals surface area contributed by atoms with Crippen molar-refractivity contribution in [2.75, 3.05) is 54.6 Å². The number of rotatable bonds is 10. The molecule has 0 aromatic heterocycles. The maximum Gasteiger partial charge on any atom is 0.201 e. The zero-order chi connectivity index (χ0) is 27.3. The Balaban J connectivity index is 1.36. The standard InChI is InChI=1S/C24H32N8O4S2/c1-33-19-7-5-17(13-21(19)35-3)15-25-27-23(37)29-31-9-11-32(12-10-31)30-24(38)28-26-16-18-6-8-20(34-2)22(14-18)36-4/h5-8,13-16H,9-12H2,1-4H3,(H2,27,29,37)(H2,28,30,38)/b25-15+,26-16+. The van der Waals surface area contributed by atoms with E-state index >= 15 is 0 Å². The van der Waals surface area contributed by atoms with Crippen molar-refractivity contribution in [3.63, 3.8) is 0 Å². The largest absolute Gasteiger partial charge is 0.493 e. The first kappa shape index (κ1) is 28.8. The van der Waals surface area contributed by atoms with Gasteiger partial charge in [-0.05, 0) is 72.0 Å². The topological polar surface area (TPSA) is 116 Å². The summed E-state index contributed by atoms with van der Waals surface area (Å²) in [5.41, 5.74) is 13.6. The van der Waals surface area contributed by atoms with E-state index in [1.807, 2.05) is 46.4 Å². The summed E-state index contributed by atoms with van der Waals surface area (Å²) in [7, 11) is 6.36. The van der Waals surface area contributed by atoms with E-state index in [1.165, 1.54) is 0 Å². The molecule has 1 saturated heterocycles. The van der Waals surface area contributed by atoms with Gasteiger partial charge in [-0.2, -0.15) is 10.2 Å². The zero-order valence-electron chi connectivity index (χ0n) is 21.7. The molecule has 4 N–H and O–H groups in total. The molecule has 2 aromatic carbocycles. The van der Waals surface area contributed by atoms with Crippen LogP contribution in [0.3, 0.4) is 0 Å². The first-order valence-corrected chi connectivity index (χ1v) is 12.4. The van der Waals surface area contributed by atoms with Crippen LogP contribution in [0.2, 0.25) is 0 Å². The van der Waals surface area contributed by atoms with E-state index in [-0.39, 0.29) is 0 Å². The Bertz CT molecular complexity index is 1070. The highest BCUT2D eigenvalue weighted by Crippen LogP contribution is 2.27. The number of hydrogen-bond donors (Lipinski definition) is 4. The van der Waals surface area contributed by atoms with Crippen LogP contribution in [0, 0.1) is 0 Å². The van der Waals surface area contributed by atoms with E-state index in [0.29, 0.717) is 59.4 Å². The minimum absolute atomic E-state index is 0.393. The molecule has 0 saturated carbocycles. The van der Waals surface area contributed by atoms with Crippen LogP contribution in [-0.2, 0) is 0 Å². The van der Waals surface area contributed by atoms with Gasteiger partial charge in [-0.1, -0.05) is 0 Å². The van der Waals surface area contributed by atoms with Gasteiger partial charge in [-0.15, -0.1) is 0 Å². The second-order valence-corrected chi connectivity index (χ2v) is 8.64. The predicted octanol–water partition coefficient (Wildman–Crippen LogP) is 1.46. The number of hydrogen-bond acceptors (Lipinski definition) is 10. The molecule has 0 amide bonds. The monoisotopic (exact) mass is 560 g/mol. The van der Waals surface area contributed by atoms with Crippen LogP contribution in [0.4, 0.5) is 0 Å². The van der Waals surface area contributed by atoms with Gasteiger partial charge in [0.05, 0.1) is 40.9 Å². The smallest absolute Gasteiger partial charge is 0.201 e. The molecule has 3 rings (SSSR count). The number of thiocarbonyl (C=S) groups is 2. The van der Waals surface area contributed by atoms with Gasteiger partial charge in [-0.25, -0.2) is 10.0 Å². The Kier molecular flexibility index (Phi) is 11.3. The Morgan fingerprint density at radius 2 is 1.03 bits per heavy atom. The molecule has 1 aliphatic heterocycles. The van der Waals surface area contributed by atoms with Crippen LogP contribution in [0.1, 0.15) is 11.1 Å². The summed E-state index contributed by atoms with van der Waals surface area (Å²) in [6, 6.07) is 11.0. The van der Waals surface area contributed by atoms with E-state index in [1.54, 1.807) is 40.9 Å². The van der Waals surface area contributed by atoms with Crippen LogP contribution in [0.15, 0.2) is 46.6 Å². The number of hydrazine groups is 2. The van der Waals surface area contributed by atoms with Gasteiger partial charge >= 0.3 is 0 Å². The molecular formula is C24H32N8O4S2. The molecule has 1 fully saturated rings. The maximum atomic E-state index is 5.34. The van der Waals surface area contributed by atoms with Gasteiger partial charge < -0.3 is 18.9 Å². The first-order chi connectivity index (χ1) is 18.4. The normalized spacial score (nSPS) is 14.2. The number of nitrogens with zero attached hydrogens (tertiary/aromatic N) is 4. The fourth-order valence-corrected chi connectivity index (χ4v) is 3.83. The molecule has 0 unspecified atom stereocenters.